The lowest BCUT2D eigenvalue weighted by atomic mass is 10.2. The van der Waals surface area contributed by atoms with Gasteiger partial charge in [0, 0.05) is 32.2 Å². The van der Waals surface area contributed by atoms with Gasteiger partial charge in [0.1, 0.15) is 5.15 Å². The lowest BCUT2D eigenvalue weighted by Gasteiger charge is -2.23. The number of rotatable bonds is 6. The fraction of sp³-hybridized carbons (Fsp3) is 0.727. The second-order valence-corrected chi connectivity index (χ2v) is 4.77. The highest BCUT2D eigenvalue weighted by Crippen LogP contribution is 2.23. The minimum atomic E-state index is -4.23. The van der Waals surface area contributed by atoms with E-state index < -0.39 is 12.7 Å². The van der Waals surface area contributed by atoms with E-state index in [1.165, 1.54) is 9.58 Å². The third-order valence-electron chi connectivity index (χ3n) is 2.73. The third-order valence-corrected chi connectivity index (χ3v) is 3.21. The van der Waals surface area contributed by atoms with Crippen molar-refractivity contribution in [3.05, 3.63) is 16.4 Å². The fourth-order valence-corrected chi connectivity index (χ4v) is 2.05. The summed E-state index contributed by atoms with van der Waals surface area (Å²) in [7, 11) is 3.37. The first kappa shape index (κ1) is 16.3. The predicted molar refractivity (Wildman–Crippen MR) is 68.2 cm³/mol. The van der Waals surface area contributed by atoms with Gasteiger partial charge in [-0.3, -0.25) is 9.58 Å². The van der Waals surface area contributed by atoms with Crippen LogP contribution in [0.25, 0.3) is 0 Å². The Labute approximate surface area is 115 Å². The Balaban J connectivity index is 2.81. The molecule has 0 aromatic carbocycles. The molecular formula is C11H18ClF3N4. The molecule has 8 heteroatoms. The molecule has 1 aromatic heterocycles. The lowest BCUT2D eigenvalue weighted by Crippen LogP contribution is -2.37. The fourth-order valence-electron chi connectivity index (χ4n) is 1.81. The molecule has 0 amide bonds. The summed E-state index contributed by atoms with van der Waals surface area (Å²) in [5, 5.41) is 7.33. The van der Waals surface area contributed by atoms with Gasteiger partial charge in [0.25, 0.3) is 0 Å². The van der Waals surface area contributed by atoms with Crippen LogP contribution in [0.5, 0.6) is 0 Å². The molecule has 0 radical (unpaired) electrons. The zero-order valence-electron chi connectivity index (χ0n) is 11.2. The van der Waals surface area contributed by atoms with Gasteiger partial charge in [-0.2, -0.15) is 18.3 Å². The number of halogens is 4. The van der Waals surface area contributed by atoms with E-state index in [0.717, 1.165) is 0 Å². The maximum absolute atomic E-state index is 12.5. The molecule has 0 unspecified atom stereocenters. The van der Waals surface area contributed by atoms with Crippen molar-refractivity contribution in [1.29, 1.82) is 0 Å². The van der Waals surface area contributed by atoms with E-state index in [1.54, 1.807) is 21.0 Å². The number of aryl methyl sites for hydroxylation is 2. The molecule has 0 aliphatic heterocycles. The molecule has 0 aliphatic rings. The van der Waals surface area contributed by atoms with E-state index in [-0.39, 0.29) is 6.54 Å². The van der Waals surface area contributed by atoms with Gasteiger partial charge in [0.05, 0.1) is 12.2 Å². The summed E-state index contributed by atoms with van der Waals surface area (Å²) in [6.45, 7) is 1.69. The van der Waals surface area contributed by atoms with Gasteiger partial charge < -0.3 is 5.32 Å². The summed E-state index contributed by atoms with van der Waals surface area (Å²) in [6.07, 6.45) is -4.23. The van der Waals surface area contributed by atoms with Crippen LogP contribution in [0.4, 0.5) is 13.2 Å². The zero-order valence-corrected chi connectivity index (χ0v) is 11.9. The summed E-state index contributed by atoms with van der Waals surface area (Å²) >= 11 is 6.04. The smallest absolute Gasteiger partial charge is 0.318 e. The van der Waals surface area contributed by atoms with Gasteiger partial charge in [-0.15, -0.1) is 0 Å². The van der Waals surface area contributed by atoms with Crippen LogP contribution in [-0.2, 0) is 13.6 Å². The molecule has 0 saturated carbocycles. The molecule has 0 aliphatic carbocycles. The first-order chi connectivity index (χ1) is 8.74. The average Bonchev–Trinajstić information content (AvgIpc) is 2.51. The summed E-state index contributed by atoms with van der Waals surface area (Å²) in [4.78, 5) is 1.31. The van der Waals surface area contributed by atoms with Crippen molar-refractivity contribution in [2.75, 3.05) is 26.7 Å². The van der Waals surface area contributed by atoms with Crippen LogP contribution in [0.2, 0.25) is 5.15 Å². The molecule has 1 rings (SSSR count). The second kappa shape index (κ2) is 6.58. The van der Waals surface area contributed by atoms with Crippen molar-refractivity contribution < 1.29 is 13.2 Å². The molecule has 19 heavy (non-hydrogen) atoms. The topological polar surface area (TPSA) is 33.1 Å². The zero-order chi connectivity index (χ0) is 14.6. The van der Waals surface area contributed by atoms with Gasteiger partial charge in [0.15, 0.2) is 0 Å². The number of likely N-dealkylation sites (N-methyl/N-ethyl adjacent to an activating group) is 1. The van der Waals surface area contributed by atoms with Crippen LogP contribution in [0.3, 0.4) is 0 Å². The van der Waals surface area contributed by atoms with E-state index in [4.69, 9.17) is 11.6 Å². The molecule has 0 spiro atoms. The number of hydrogen-bond acceptors (Lipinski definition) is 3. The number of nitrogens with zero attached hydrogens (tertiary/aromatic N) is 3. The summed E-state index contributed by atoms with van der Waals surface area (Å²) in [5.74, 6) is 0. The molecule has 0 bridgehead atoms. The maximum atomic E-state index is 12.5. The Morgan fingerprint density at radius 1 is 1.42 bits per heavy atom. The third kappa shape index (κ3) is 5.00. The normalized spacial score (nSPS) is 12.4. The van der Waals surface area contributed by atoms with Crippen molar-refractivity contribution in [2.24, 2.45) is 7.05 Å². The average molecular weight is 299 g/mol. The van der Waals surface area contributed by atoms with Gasteiger partial charge in [-0.25, -0.2) is 0 Å². The molecule has 0 saturated heterocycles. The first-order valence-electron chi connectivity index (χ1n) is 5.86. The van der Waals surface area contributed by atoms with Crippen LogP contribution < -0.4 is 5.32 Å². The molecule has 0 fully saturated rings. The standard InChI is InChI=1S/C11H18ClF3N4/c1-8-9(10(12)18(3)17-8)6-19(5-4-16-2)7-11(13,14)15/h16H,4-7H2,1-3H3. The number of nitrogens with one attached hydrogen (secondary N) is 1. The SMILES string of the molecule is CNCCN(Cc1c(C)nn(C)c1Cl)CC(F)(F)F. The molecule has 110 valence electrons. The number of hydrogen-bond donors (Lipinski definition) is 1. The Morgan fingerprint density at radius 2 is 2.05 bits per heavy atom. The summed E-state index contributed by atoms with van der Waals surface area (Å²) < 4.78 is 39.0. The van der Waals surface area contributed by atoms with Gasteiger partial charge in [-0.1, -0.05) is 11.6 Å². The van der Waals surface area contributed by atoms with E-state index in [2.05, 4.69) is 10.4 Å². The molecule has 4 nitrogen and oxygen atoms in total. The Kier molecular flexibility index (Phi) is 5.64. The highest BCUT2D eigenvalue weighted by atomic mass is 35.5. The first-order valence-corrected chi connectivity index (χ1v) is 6.24. The van der Waals surface area contributed by atoms with Crippen LogP contribution in [-0.4, -0.2) is 47.5 Å². The van der Waals surface area contributed by atoms with Crippen molar-refractivity contribution in [1.82, 2.24) is 20.0 Å². The largest absolute Gasteiger partial charge is 0.401 e. The molecular weight excluding hydrogens is 281 g/mol. The highest BCUT2D eigenvalue weighted by molar-refractivity contribution is 6.30. The van der Waals surface area contributed by atoms with E-state index >= 15 is 0 Å². The van der Waals surface area contributed by atoms with Gasteiger partial charge >= 0.3 is 6.18 Å². The number of aromatic nitrogens is 2. The van der Waals surface area contributed by atoms with Gasteiger partial charge in [0.2, 0.25) is 0 Å². The summed E-state index contributed by atoms with van der Waals surface area (Å²) in [6, 6.07) is 0. The van der Waals surface area contributed by atoms with Crippen LogP contribution >= 0.6 is 11.6 Å². The Bertz CT molecular complexity index is 417. The van der Waals surface area contributed by atoms with E-state index in [9.17, 15) is 13.2 Å². The highest BCUT2D eigenvalue weighted by Gasteiger charge is 2.31. The second-order valence-electron chi connectivity index (χ2n) is 4.41. The molecule has 1 aromatic rings. The lowest BCUT2D eigenvalue weighted by molar-refractivity contribution is -0.146. The predicted octanol–water partition coefficient (Wildman–Crippen LogP) is 1.97. The van der Waals surface area contributed by atoms with Crippen LogP contribution in [0.15, 0.2) is 0 Å². The minimum Gasteiger partial charge on any atom is -0.318 e. The molecule has 1 heterocycles. The van der Waals surface area contributed by atoms with E-state index in [1.807, 2.05) is 0 Å². The Hall–Kier alpha value is -0.790. The molecule has 1 N–H and O–H groups in total. The quantitative estimate of drug-likeness (QED) is 0.871. The summed E-state index contributed by atoms with van der Waals surface area (Å²) in [5.41, 5.74) is 1.30. The van der Waals surface area contributed by atoms with Crippen molar-refractivity contribution in [3.63, 3.8) is 0 Å². The van der Waals surface area contributed by atoms with Crippen LogP contribution in [0, 0.1) is 6.92 Å². The molecule has 0 atom stereocenters. The maximum Gasteiger partial charge on any atom is 0.401 e. The van der Waals surface area contributed by atoms with Crippen molar-refractivity contribution in [3.8, 4) is 0 Å². The Morgan fingerprint density at radius 3 is 2.47 bits per heavy atom. The van der Waals surface area contributed by atoms with Crippen molar-refractivity contribution >= 4 is 11.6 Å². The minimum absolute atomic E-state index is 0.139. The van der Waals surface area contributed by atoms with Gasteiger partial charge in [-0.05, 0) is 14.0 Å². The van der Waals surface area contributed by atoms with Crippen LogP contribution in [0.1, 0.15) is 11.3 Å². The number of alkyl halides is 3. The monoisotopic (exact) mass is 298 g/mol. The van der Waals surface area contributed by atoms with Crippen molar-refractivity contribution in [2.45, 2.75) is 19.6 Å². The van der Waals surface area contributed by atoms with E-state index in [0.29, 0.717) is 29.5 Å².